The third-order valence-corrected chi connectivity index (χ3v) is 6.37. The number of hydrogen-bond acceptors (Lipinski definition) is 5. The number of hydrogen-bond donors (Lipinski definition) is 1. The van der Waals surface area contributed by atoms with E-state index in [1.165, 1.54) is 9.21 Å². The number of carbonyl (C=O) groups is 2. The summed E-state index contributed by atoms with van der Waals surface area (Å²) in [7, 11) is -3.64. The lowest BCUT2D eigenvalue weighted by atomic mass is 10.2. The average Bonchev–Trinajstić information content (AvgIpc) is 2.38. The molecule has 0 aromatic carbocycles. The summed E-state index contributed by atoms with van der Waals surface area (Å²) in [5.41, 5.74) is 0. The van der Waals surface area contributed by atoms with Gasteiger partial charge in [0.1, 0.15) is 5.75 Å². The van der Waals surface area contributed by atoms with Crippen LogP contribution in [-0.4, -0.2) is 77.5 Å². The van der Waals surface area contributed by atoms with Crippen LogP contribution in [0.3, 0.4) is 0 Å². The summed E-state index contributed by atoms with van der Waals surface area (Å²) < 4.78 is 25.5. The number of carboxylic acid groups (broad SMARTS) is 1. The fourth-order valence-electron chi connectivity index (χ4n) is 2.30. The van der Waals surface area contributed by atoms with Crippen molar-refractivity contribution in [2.24, 2.45) is 0 Å². The molecule has 1 rings (SSSR count). The van der Waals surface area contributed by atoms with Crippen LogP contribution >= 0.6 is 11.8 Å². The first-order chi connectivity index (χ1) is 9.81. The number of nitrogens with zero attached hydrogens (tertiary/aromatic N) is 2. The summed E-state index contributed by atoms with van der Waals surface area (Å²) in [6.07, 6.45) is -0.149. The predicted octanol–water partition coefficient (Wildman–Crippen LogP) is 0.0767. The number of sulfonamides is 1. The molecule has 7 nitrogen and oxygen atoms in total. The van der Waals surface area contributed by atoms with Gasteiger partial charge < -0.3 is 10.0 Å². The Hall–Kier alpha value is -0.800. The second kappa shape index (κ2) is 8.00. The van der Waals surface area contributed by atoms with Crippen LogP contribution in [0.1, 0.15) is 20.3 Å². The molecule has 0 spiro atoms. The molecular weight excluding hydrogens is 316 g/mol. The van der Waals surface area contributed by atoms with Gasteiger partial charge in [0.15, 0.2) is 0 Å². The highest BCUT2D eigenvalue weighted by Gasteiger charge is 2.32. The van der Waals surface area contributed by atoms with Gasteiger partial charge in [0.25, 0.3) is 0 Å². The van der Waals surface area contributed by atoms with E-state index in [9.17, 15) is 18.0 Å². The second-order valence-electron chi connectivity index (χ2n) is 4.75. The Balaban J connectivity index is 2.78. The summed E-state index contributed by atoms with van der Waals surface area (Å²) in [4.78, 5) is 24.5. The van der Waals surface area contributed by atoms with Crippen LogP contribution < -0.4 is 0 Å². The minimum Gasteiger partial charge on any atom is -0.481 e. The largest absolute Gasteiger partial charge is 0.481 e. The molecule has 9 heteroatoms. The van der Waals surface area contributed by atoms with Crippen LogP contribution in [0.25, 0.3) is 0 Å². The lowest BCUT2D eigenvalue weighted by molar-refractivity contribution is -0.139. The monoisotopic (exact) mass is 338 g/mol. The van der Waals surface area contributed by atoms with Gasteiger partial charge >= 0.3 is 5.97 Å². The Bertz CT molecular complexity index is 476. The third kappa shape index (κ3) is 5.15. The van der Waals surface area contributed by atoms with E-state index in [4.69, 9.17) is 5.11 Å². The topological polar surface area (TPSA) is 95.0 Å². The van der Waals surface area contributed by atoms with Crippen LogP contribution in [0.5, 0.6) is 0 Å². The smallest absolute Gasteiger partial charge is 0.305 e. The zero-order valence-electron chi connectivity index (χ0n) is 12.3. The average molecular weight is 338 g/mol. The Labute approximate surface area is 129 Å². The normalized spacial score (nSPS) is 19.8. The first kappa shape index (κ1) is 18.2. The van der Waals surface area contributed by atoms with Crippen LogP contribution in [0.2, 0.25) is 0 Å². The lowest BCUT2D eigenvalue weighted by Gasteiger charge is -2.35. The van der Waals surface area contributed by atoms with Crippen molar-refractivity contribution in [1.29, 1.82) is 0 Å². The number of aliphatic carboxylic acids is 1. The number of carboxylic acids is 1. The first-order valence-electron chi connectivity index (χ1n) is 6.88. The molecular formula is C12H22N2O5S2. The van der Waals surface area contributed by atoms with Gasteiger partial charge in [-0.1, -0.05) is 13.8 Å². The zero-order valence-corrected chi connectivity index (χ0v) is 14.0. The molecule has 0 aromatic rings. The van der Waals surface area contributed by atoms with Crippen molar-refractivity contribution in [1.82, 2.24) is 9.21 Å². The quantitative estimate of drug-likeness (QED) is 0.706. The standard InChI is InChI=1S/C12H22N2O5S2/c1-3-13(4-2)21(18,19)9-11(15)14-5-6-20-8-10(14)7-12(16)17/h10H,3-9H2,1-2H3,(H,16,17). The van der Waals surface area contributed by atoms with Crippen molar-refractivity contribution in [3.63, 3.8) is 0 Å². The first-order valence-corrected chi connectivity index (χ1v) is 9.65. The van der Waals surface area contributed by atoms with Crippen molar-refractivity contribution in [2.75, 3.05) is 36.9 Å². The minimum absolute atomic E-state index is 0.149. The summed E-state index contributed by atoms with van der Waals surface area (Å²) in [5, 5.41) is 8.89. The van der Waals surface area contributed by atoms with Crippen LogP contribution in [0.15, 0.2) is 0 Å². The van der Waals surface area contributed by atoms with E-state index in [2.05, 4.69) is 0 Å². The van der Waals surface area contributed by atoms with Gasteiger partial charge in [0.05, 0.1) is 12.5 Å². The highest BCUT2D eigenvalue weighted by molar-refractivity contribution is 7.99. The molecule has 1 atom stereocenters. The number of carbonyl (C=O) groups excluding carboxylic acids is 1. The van der Waals surface area contributed by atoms with Crippen molar-refractivity contribution in [3.05, 3.63) is 0 Å². The van der Waals surface area contributed by atoms with Crippen molar-refractivity contribution in [2.45, 2.75) is 26.3 Å². The lowest BCUT2D eigenvalue weighted by Crippen LogP contribution is -2.50. The minimum atomic E-state index is -3.64. The summed E-state index contributed by atoms with van der Waals surface area (Å²) >= 11 is 1.58. The van der Waals surface area contributed by atoms with E-state index in [-0.39, 0.29) is 6.42 Å². The SMILES string of the molecule is CCN(CC)S(=O)(=O)CC(=O)N1CCSCC1CC(=O)O. The van der Waals surface area contributed by atoms with E-state index in [0.29, 0.717) is 31.1 Å². The number of rotatable bonds is 7. The van der Waals surface area contributed by atoms with Gasteiger partial charge in [0.2, 0.25) is 15.9 Å². The Morgan fingerprint density at radius 3 is 2.48 bits per heavy atom. The van der Waals surface area contributed by atoms with Gasteiger partial charge in [0, 0.05) is 31.1 Å². The Kier molecular flexibility index (Phi) is 6.95. The highest BCUT2D eigenvalue weighted by atomic mass is 32.2. The molecule has 0 aromatic heterocycles. The highest BCUT2D eigenvalue weighted by Crippen LogP contribution is 2.20. The maximum atomic E-state index is 12.3. The molecule has 0 bridgehead atoms. The number of amides is 1. The van der Waals surface area contributed by atoms with E-state index in [0.717, 1.165) is 0 Å². The Morgan fingerprint density at radius 2 is 1.95 bits per heavy atom. The van der Waals surface area contributed by atoms with Gasteiger partial charge in [-0.3, -0.25) is 9.59 Å². The molecule has 0 saturated carbocycles. The third-order valence-electron chi connectivity index (χ3n) is 3.36. The van der Waals surface area contributed by atoms with Gasteiger partial charge in [-0.05, 0) is 0 Å². The van der Waals surface area contributed by atoms with Crippen LogP contribution in [-0.2, 0) is 19.6 Å². The van der Waals surface area contributed by atoms with E-state index < -0.39 is 33.7 Å². The molecule has 0 aliphatic carbocycles. The molecule has 1 fully saturated rings. The molecule has 1 heterocycles. The fourth-order valence-corrected chi connectivity index (χ4v) is 4.81. The molecule has 122 valence electrons. The summed E-state index contributed by atoms with van der Waals surface area (Å²) in [6, 6.07) is -0.430. The molecule has 1 aliphatic rings. The van der Waals surface area contributed by atoms with Crippen LogP contribution in [0.4, 0.5) is 0 Å². The molecule has 1 unspecified atom stereocenters. The van der Waals surface area contributed by atoms with Crippen molar-refractivity contribution < 1.29 is 23.1 Å². The van der Waals surface area contributed by atoms with E-state index in [1.54, 1.807) is 25.6 Å². The maximum absolute atomic E-state index is 12.3. The zero-order chi connectivity index (χ0) is 16.0. The molecule has 1 aliphatic heterocycles. The summed E-state index contributed by atoms with van der Waals surface area (Å²) in [6.45, 7) is 4.48. The van der Waals surface area contributed by atoms with Gasteiger partial charge in [-0.2, -0.15) is 11.8 Å². The maximum Gasteiger partial charge on any atom is 0.305 e. The fraction of sp³-hybridized carbons (Fsp3) is 0.833. The van der Waals surface area contributed by atoms with Crippen LogP contribution in [0, 0.1) is 0 Å². The molecule has 1 amide bonds. The van der Waals surface area contributed by atoms with E-state index >= 15 is 0 Å². The molecule has 1 saturated heterocycles. The predicted molar refractivity (Wildman–Crippen MR) is 81.8 cm³/mol. The van der Waals surface area contributed by atoms with Gasteiger partial charge in [-0.25, -0.2) is 12.7 Å². The van der Waals surface area contributed by atoms with Crippen molar-refractivity contribution >= 4 is 33.7 Å². The summed E-state index contributed by atoms with van der Waals surface area (Å²) in [5.74, 6) is -0.841. The number of thioether (sulfide) groups is 1. The van der Waals surface area contributed by atoms with Crippen molar-refractivity contribution in [3.8, 4) is 0 Å². The molecule has 1 N–H and O–H groups in total. The van der Waals surface area contributed by atoms with Gasteiger partial charge in [-0.15, -0.1) is 0 Å². The molecule has 21 heavy (non-hydrogen) atoms. The Morgan fingerprint density at radius 1 is 1.33 bits per heavy atom. The molecule has 0 radical (unpaired) electrons. The second-order valence-corrected chi connectivity index (χ2v) is 7.87. The van der Waals surface area contributed by atoms with E-state index in [1.807, 2.05) is 0 Å².